The number of nitrogens with zero attached hydrogens (tertiary/aromatic N) is 3. The first-order valence-electron chi connectivity index (χ1n) is 9.57. The van der Waals surface area contributed by atoms with Crippen LogP contribution in [0, 0.1) is 11.8 Å². The summed E-state index contributed by atoms with van der Waals surface area (Å²) < 4.78 is 11.6. The van der Waals surface area contributed by atoms with Gasteiger partial charge < -0.3 is 19.0 Å². The van der Waals surface area contributed by atoms with Crippen LogP contribution < -0.4 is 0 Å². The molecular weight excluding hydrogens is 318 g/mol. The van der Waals surface area contributed by atoms with Gasteiger partial charge in [0, 0.05) is 38.6 Å². The molecule has 3 aliphatic heterocycles. The molecule has 0 aromatic carbocycles. The molecule has 3 fully saturated rings. The van der Waals surface area contributed by atoms with E-state index in [9.17, 15) is 4.79 Å². The summed E-state index contributed by atoms with van der Waals surface area (Å²) in [5.74, 6) is 2.04. The number of fused-ring (bicyclic) bond motifs is 1. The van der Waals surface area contributed by atoms with Crippen molar-refractivity contribution in [3.63, 3.8) is 0 Å². The predicted octanol–water partition coefficient (Wildman–Crippen LogP) is 2.26. The monoisotopic (exact) mass is 347 g/mol. The minimum absolute atomic E-state index is 0.208. The van der Waals surface area contributed by atoms with Crippen molar-refractivity contribution in [3.8, 4) is 0 Å². The summed E-state index contributed by atoms with van der Waals surface area (Å²) in [4.78, 5) is 19.1. The number of hydrogen-bond donors (Lipinski definition) is 0. The van der Waals surface area contributed by atoms with Gasteiger partial charge in [-0.3, -0.25) is 4.90 Å². The van der Waals surface area contributed by atoms with Gasteiger partial charge in [0.2, 0.25) is 0 Å². The molecule has 4 rings (SSSR count). The van der Waals surface area contributed by atoms with Crippen LogP contribution in [-0.4, -0.2) is 73.2 Å². The number of ether oxygens (including phenoxy) is 1. The fourth-order valence-corrected chi connectivity index (χ4v) is 4.54. The summed E-state index contributed by atoms with van der Waals surface area (Å²) in [6, 6.07) is 4.17. The molecule has 0 bridgehead atoms. The Kier molecular flexibility index (Phi) is 4.99. The largest absolute Gasteiger partial charge is 0.468 e. The van der Waals surface area contributed by atoms with Gasteiger partial charge in [0.15, 0.2) is 0 Å². The molecule has 6 nitrogen and oxygen atoms in total. The summed E-state index contributed by atoms with van der Waals surface area (Å²) in [5, 5.41) is 0. The van der Waals surface area contributed by atoms with Crippen LogP contribution in [0.5, 0.6) is 0 Å². The molecule has 0 unspecified atom stereocenters. The van der Waals surface area contributed by atoms with E-state index in [2.05, 4.69) is 16.8 Å². The van der Waals surface area contributed by atoms with Gasteiger partial charge in [-0.15, -0.1) is 0 Å². The molecule has 3 aliphatic rings. The van der Waals surface area contributed by atoms with Crippen molar-refractivity contribution < 1.29 is 13.9 Å². The highest BCUT2D eigenvalue weighted by Gasteiger charge is 2.43. The number of amides is 2. The van der Waals surface area contributed by atoms with Crippen LogP contribution in [0.25, 0.3) is 0 Å². The first kappa shape index (κ1) is 16.9. The number of likely N-dealkylation sites (tertiary alicyclic amines) is 2. The van der Waals surface area contributed by atoms with Gasteiger partial charge in [-0.05, 0) is 44.4 Å². The fraction of sp³-hybridized carbons (Fsp3) is 0.737. The Morgan fingerprint density at radius 2 is 2.12 bits per heavy atom. The second kappa shape index (κ2) is 7.38. The van der Waals surface area contributed by atoms with Crippen LogP contribution in [0.2, 0.25) is 0 Å². The lowest BCUT2D eigenvalue weighted by atomic mass is 9.84. The van der Waals surface area contributed by atoms with Crippen molar-refractivity contribution in [1.82, 2.24) is 14.7 Å². The molecule has 4 heterocycles. The standard InChI is InChI=1S/C19H29N3O3/c1-20(11-16-5-4-10-24-16)13-18-17-12-22(9-6-15(17)14-25-18)19(23)21-7-2-3-8-21/h4-5,10,15,17-18H,2-3,6-9,11-14H2,1H3/t15-,17-,18+/m0/s1. The molecule has 3 saturated heterocycles. The highest BCUT2D eigenvalue weighted by molar-refractivity contribution is 5.74. The third-order valence-electron chi connectivity index (χ3n) is 5.95. The average Bonchev–Trinajstić information content (AvgIpc) is 3.36. The zero-order valence-corrected chi connectivity index (χ0v) is 15.1. The predicted molar refractivity (Wildman–Crippen MR) is 94.2 cm³/mol. The highest BCUT2D eigenvalue weighted by atomic mass is 16.5. The Balaban J connectivity index is 1.34. The Bertz CT molecular complexity index is 570. The quantitative estimate of drug-likeness (QED) is 0.838. The van der Waals surface area contributed by atoms with Crippen LogP contribution in [0.4, 0.5) is 4.79 Å². The molecule has 6 heteroatoms. The minimum Gasteiger partial charge on any atom is -0.468 e. The van der Waals surface area contributed by atoms with Crippen molar-refractivity contribution in [1.29, 1.82) is 0 Å². The van der Waals surface area contributed by atoms with Gasteiger partial charge in [0.1, 0.15) is 5.76 Å². The molecule has 2 amide bonds. The normalized spacial score (nSPS) is 29.4. The first-order valence-corrected chi connectivity index (χ1v) is 9.57. The van der Waals surface area contributed by atoms with E-state index in [-0.39, 0.29) is 12.1 Å². The lowest BCUT2D eigenvalue weighted by Gasteiger charge is -2.38. The van der Waals surface area contributed by atoms with Crippen molar-refractivity contribution in [2.75, 3.05) is 46.4 Å². The molecule has 1 aromatic heterocycles. The third-order valence-corrected chi connectivity index (χ3v) is 5.95. The van der Waals surface area contributed by atoms with Crippen LogP contribution >= 0.6 is 0 Å². The van der Waals surface area contributed by atoms with Gasteiger partial charge >= 0.3 is 6.03 Å². The molecule has 0 N–H and O–H groups in total. The summed E-state index contributed by atoms with van der Waals surface area (Å²) in [6.45, 7) is 6.10. The van der Waals surface area contributed by atoms with Crippen LogP contribution in [0.3, 0.4) is 0 Å². The molecule has 25 heavy (non-hydrogen) atoms. The van der Waals surface area contributed by atoms with Crippen LogP contribution in [0.15, 0.2) is 22.8 Å². The van der Waals surface area contributed by atoms with E-state index in [0.29, 0.717) is 11.8 Å². The molecule has 0 spiro atoms. The van der Waals surface area contributed by atoms with Gasteiger partial charge in [0.05, 0.1) is 25.5 Å². The number of carbonyl (C=O) groups is 1. The van der Waals surface area contributed by atoms with E-state index in [1.165, 1.54) is 0 Å². The topological polar surface area (TPSA) is 49.2 Å². The molecule has 0 radical (unpaired) electrons. The Labute approximate surface area is 149 Å². The second-order valence-electron chi connectivity index (χ2n) is 7.78. The lowest BCUT2D eigenvalue weighted by molar-refractivity contribution is 0.0491. The Morgan fingerprint density at radius 1 is 1.28 bits per heavy atom. The van der Waals surface area contributed by atoms with Gasteiger partial charge in [-0.25, -0.2) is 4.79 Å². The zero-order chi connectivity index (χ0) is 17.2. The SMILES string of the molecule is CN(Cc1ccco1)C[C@H]1OC[C@@H]2CCN(C(=O)N3CCCC3)C[C@@H]21. The fourth-order valence-electron chi connectivity index (χ4n) is 4.54. The Morgan fingerprint density at radius 3 is 2.88 bits per heavy atom. The molecule has 138 valence electrons. The number of piperidine rings is 1. The number of furan rings is 1. The minimum atomic E-state index is 0.208. The Hall–Kier alpha value is -1.53. The van der Waals surface area contributed by atoms with Crippen molar-refractivity contribution in [3.05, 3.63) is 24.2 Å². The third kappa shape index (κ3) is 3.70. The summed E-state index contributed by atoms with van der Waals surface area (Å²) >= 11 is 0. The van der Waals surface area contributed by atoms with Gasteiger partial charge in [0.25, 0.3) is 0 Å². The molecule has 1 aromatic rings. The van der Waals surface area contributed by atoms with E-state index in [1.807, 2.05) is 17.0 Å². The molecule has 3 atom stereocenters. The summed E-state index contributed by atoms with van der Waals surface area (Å²) in [6.07, 6.45) is 5.29. The van der Waals surface area contributed by atoms with E-state index >= 15 is 0 Å². The summed E-state index contributed by atoms with van der Waals surface area (Å²) in [7, 11) is 2.11. The van der Waals surface area contributed by atoms with Gasteiger partial charge in [-0.2, -0.15) is 0 Å². The first-order chi connectivity index (χ1) is 12.2. The van der Waals surface area contributed by atoms with E-state index in [1.54, 1.807) is 6.26 Å². The molecular formula is C19H29N3O3. The molecule has 0 saturated carbocycles. The maximum absolute atomic E-state index is 12.7. The van der Waals surface area contributed by atoms with Crippen LogP contribution in [0.1, 0.15) is 25.0 Å². The number of carbonyl (C=O) groups excluding carboxylic acids is 1. The maximum atomic E-state index is 12.7. The van der Waals surface area contributed by atoms with Crippen molar-refractivity contribution in [2.24, 2.45) is 11.8 Å². The van der Waals surface area contributed by atoms with Crippen LogP contribution in [-0.2, 0) is 11.3 Å². The summed E-state index contributed by atoms with van der Waals surface area (Å²) in [5.41, 5.74) is 0. The number of rotatable bonds is 4. The average molecular weight is 347 g/mol. The maximum Gasteiger partial charge on any atom is 0.320 e. The lowest BCUT2D eigenvalue weighted by Crippen LogP contribution is -2.50. The number of likely N-dealkylation sites (N-methyl/N-ethyl adjacent to an activating group) is 1. The highest BCUT2D eigenvalue weighted by Crippen LogP contribution is 2.35. The zero-order valence-electron chi connectivity index (χ0n) is 15.1. The second-order valence-corrected chi connectivity index (χ2v) is 7.78. The van der Waals surface area contributed by atoms with E-state index < -0.39 is 0 Å². The van der Waals surface area contributed by atoms with Crippen molar-refractivity contribution in [2.45, 2.75) is 31.9 Å². The number of hydrogen-bond acceptors (Lipinski definition) is 4. The van der Waals surface area contributed by atoms with E-state index in [0.717, 1.165) is 70.9 Å². The van der Waals surface area contributed by atoms with Crippen molar-refractivity contribution >= 4 is 6.03 Å². The number of urea groups is 1. The van der Waals surface area contributed by atoms with E-state index in [4.69, 9.17) is 9.15 Å². The smallest absolute Gasteiger partial charge is 0.320 e. The molecule has 0 aliphatic carbocycles. The van der Waals surface area contributed by atoms with Gasteiger partial charge in [-0.1, -0.05) is 0 Å².